The Kier molecular flexibility index (Phi) is 5.13. The fourth-order valence-corrected chi connectivity index (χ4v) is 4.45. The Bertz CT molecular complexity index is 1150. The smallest absolute Gasteiger partial charge is 0.274 e. The summed E-state index contributed by atoms with van der Waals surface area (Å²) in [5.41, 5.74) is 3.01. The fraction of sp³-hybridized carbons (Fsp3) is 0.333. The van der Waals surface area contributed by atoms with Crippen molar-refractivity contribution in [2.45, 2.75) is 31.8 Å². The molecule has 1 aromatic carbocycles. The van der Waals surface area contributed by atoms with Gasteiger partial charge in [-0.15, -0.1) is 0 Å². The minimum absolute atomic E-state index is 0.0473. The van der Waals surface area contributed by atoms with Crippen LogP contribution in [0.1, 0.15) is 34.6 Å². The van der Waals surface area contributed by atoms with Gasteiger partial charge in [0.25, 0.3) is 5.91 Å². The van der Waals surface area contributed by atoms with E-state index in [4.69, 9.17) is 4.99 Å². The van der Waals surface area contributed by atoms with Crippen LogP contribution in [0.25, 0.3) is 0 Å². The van der Waals surface area contributed by atoms with Crippen molar-refractivity contribution in [2.75, 3.05) is 23.7 Å². The third-order valence-corrected chi connectivity index (χ3v) is 6.25. The van der Waals surface area contributed by atoms with Crippen molar-refractivity contribution in [1.82, 2.24) is 19.7 Å². The molecular formula is C24H27N7O. The number of aliphatic imine (C=N–C) groups is 1. The van der Waals surface area contributed by atoms with Gasteiger partial charge in [-0.1, -0.05) is 30.3 Å². The van der Waals surface area contributed by atoms with Crippen molar-refractivity contribution in [3.8, 4) is 0 Å². The number of likely N-dealkylation sites (tertiary alicyclic amines) is 1. The van der Waals surface area contributed by atoms with Crippen molar-refractivity contribution < 1.29 is 4.79 Å². The molecule has 32 heavy (non-hydrogen) atoms. The number of amidine groups is 1. The summed E-state index contributed by atoms with van der Waals surface area (Å²) < 4.78 is 1.74. The van der Waals surface area contributed by atoms with Crippen molar-refractivity contribution in [2.24, 2.45) is 12.0 Å². The number of aromatic nitrogens is 3. The lowest BCUT2D eigenvalue weighted by Crippen LogP contribution is -2.62. The number of rotatable bonds is 3. The molecule has 0 saturated carbocycles. The Labute approximate surface area is 187 Å². The van der Waals surface area contributed by atoms with E-state index >= 15 is 0 Å². The number of anilines is 2. The van der Waals surface area contributed by atoms with Gasteiger partial charge in [0.05, 0.1) is 18.8 Å². The number of aryl methyl sites for hydroxylation is 2. The number of nitrogens with zero attached hydrogens (tertiary/aromatic N) is 5. The van der Waals surface area contributed by atoms with Gasteiger partial charge in [0.15, 0.2) is 11.5 Å². The SMILES string of the molecule is Cc1cc(C(=O)N2CCCC3(C2)Nc2cccnc2NC3=NCc2ccccc2)nn1C. The van der Waals surface area contributed by atoms with Crippen LogP contribution < -0.4 is 10.6 Å². The van der Waals surface area contributed by atoms with E-state index in [1.807, 2.05) is 55.3 Å². The van der Waals surface area contributed by atoms with Crippen LogP contribution in [0.3, 0.4) is 0 Å². The van der Waals surface area contributed by atoms with Gasteiger partial charge in [-0.05, 0) is 43.5 Å². The van der Waals surface area contributed by atoms with E-state index in [0.29, 0.717) is 25.3 Å². The maximum absolute atomic E-state index is 13.3. The minimum atomic E-state index is -0.497. The van der Waals surface area contributed by atoms with Crippen LogP contribution in [0, 0.1) is 6.92 Å². The number of carbonyl (C=O) groups is 1. The standard InChI is InChI=1S/C24H27N7O/c1-17-14-20(29-30(17)2)22(32)31-13-7-11-24(16-31)23(26-15-18-8-4-3-5-9-18)27-21-19(28-24)10-6-12-25-21/h3-6,8-10,12,14,28H,7,11,13,15-16H2,1-2H3,(H,25,26,27). The quantitative estimate of drug-likeness (QED) is 0.667. The van der Waals surface area contributed by atoms with Crippen LogP contribution in [0.4, 0.5) is 11.5 Å². The highest BCUT2D eigenvalue weighted by Gasteiger charge is 2.45. The molecule has 1 unspecified atom stereocenters. The van der Waals surface area contributed by atoms with Gasteiger partial charge in [0, 0.05) is 25.5 Å². The summed E-state index contributed by atoms with van der Waals surface area (Å²) >= 11 is 0. The summed E-state index contributed by atoms with van der Waals surface area (Å²) in [6.45, 7) is 3.72. The summed E-state index contributed by atoms with van der Waals surface area (Å²) in [4.78, 5) is 24.6. The Morgan fingerprint density at radius 1 is 1.22 bits per heavy atom. The van der Waals surface area contributed by atoms with Crippen molar-refractivity contribution in [3.05, 3.63) is 71.7 Å². The third-order valence-electron chi connectivity index (χ3n) is 6.25. The van der Waals surface area contributed by atoms with E-state index in [1.54, 1.807) is 10.9 Å². The van der Waals surface area contributed by atoms with Gasteiger partial charge >= 0.3 is 0 Å². The molecule has 8 heteroatoms. The predicted molar refractivity (Wildman–Crippen MR) is 125 cm³/mol. The van der Waals surface area contributed by atoms with Gasteiger partial charge < -0.3 is 15.5 Å². The molecule has 2 aliphatic heterocycles. The molecule has 0 aliphatic carbocycles. The molecule has 1 atom stereocenters. The van der Waals surface area contributed by atoms with Gasteiger partial charge in [-0.25, -0.2) is 4.98 Å². The molecule has 2 aliphatic rings. The van der Waals surface area contributed by atoms with E-state index in [2.05, 4.69) is 32.8 Å². The Balaban J connectivity index is 1.47. The second kappa shape index (κ2) is 8.11. The minimum Gasteiger partial charge on any atom is -0.368 e. The highest BCUT2D eigenvalue weighted by molar-refractivity contribution is 6.09. The topological polar surface area (TPSA) is 87.4 Å². The Hall–Kier alpha value is -3.68. The molecule has 1 spiro atoms. The second-order valence-electron chi connectivity index (χ2n) is 8.51. The van der Waals surface area contributed by atoms with Gasteiger partial charge in [0.2, 0.25) is 0 Å². The maximum Gasteiger partial charge on any atom is 0.274 e. The first kappa shape index (κ1) is 20.2. The Morgan fingerprint density at radius 3 is 2.84 bits per heavy atom. The van der Waals surface area contributed by atoms with Gasteiger partial charge in [0.1, 0.15) is 11.4 Å². The third kappa shape index (κ3) is 3.72. The molecule has 1 saturated heterocycles. The van der Waals surface area contributed by atoms with E-state index in [0.717, 1.165) is 41.4 Å². The van der Waals surface area contributed by atoms with Gasteiger partial charge in [-0.2, -0.15) is 5.10 Å². The van der Waals surface area contributed by atoms with Crippen LogP contribution in [-0.2, 0) is 13.6 Å². The normalized spacial score (nSPS) is 21.2. The number of hydrogen-bond donors (Lipinski definition) is 2. The van der Waals surface area contributed by atoms with E-state index in [9.17, 15) is 4.79 Å². The molecule has 2 N–H and O–H groups in total. The van der Waals surface area contributed by atoms with Crippen LogP contribution in [-0.4, -0.2) is 50.0 Å². The van der Waals surface area contributed by atoms with Crippen molar-refractivity contribution >= 4 is 23.2 Å². The van der Waals surface area contributed by atoms with Crippen molar-refractivity contribution in [3.63, 3.8) is 0 Å². The Morgan fingerprint density at radius 2 is 2.06 bits per heavy atom. The molecule has 164 valence electrons. The summed E-state index contributed by atoms with van der Waals surface area (Å²) in [6, 6.07) is 15.9. The average molecular weight is 430 g/mol. The van der Waals surface area contributed by atoms with Crippen LogP contribution in [0.5, 0.6) is 0 Å². The molecule has 8 nitrogen and oxygen atoms in total. The molecule has 4 heterocycles. The fourth-order valence-electron chi connectivity index (χ4n) is 4.45. The monoisotopic (exact) mass is 429 g/mol. The zero-order chi connectivity index (χ0) is 22.1. The van der Waals surface area contributed by atoms with Crippen LogP contribution in [0.2, 0.25) is 0 Å². The number of fused-ring (bicyclic) bond motifs is 1. The van der Waals surface area contributed by atoms with Crippen molar-refractivity contribution in [1.29, 1.82) is 0 Å². The first-order valence-electron chi connectivity index (χ1n) is 10.9. The summed E-state index contributed by atoms with van der Waals surface area (Å²) in [5, 5.41) is 11.5. The lowest BCUT2D eigenvalue weighted by molar-refractivity contribution is 0.0687. The summed E-state index contributed by atoms with van der Waals surface area (Å²) in [7, 11) is 1.86. The van der Waals surface area contributed by atoms with E-state index in [1.165, 1.54) is 0 Å². The number of carbonyl (C=O) groups excluding carboxylic acids is 1. The first-order valence-corrected chi connectivity index (χ1v) is 10.9. The van der Waals surface area contributed by atoms with E-state index in [-0.39, 0.29) is 5.91 Å². The second-order valence-corrected chi connectivity index (χ2v) is 8.51. The molecule has 1 amide bonds. The number of hydrogen-bond acceptors (Lipinski definition) is 5. The molecular weight excluding hydrogens is 402 g/mol. The summed E-state index contributed by atoms with van der Waals surface area (Å²) in [5.74, 6) is 1.53. The lowest BCUT2D eigenvalue weighted by atomic mass is 9.85. The number of piperidine rings is 1. The van der Waals surface area contributed by atoms with Gasteiger partial charge in [-0.3, -0.25) is 14.5 Å². The number of amides is 1. The largest absolute Gasteiger partial charge is 0.368 e. The average Bonchev–Trinajstić information content (AvgIpc) is 3.16. The van der Waals surface area contributed by atoms with Crippen LogP contribution in [0.15, 0.2) is 59.7 Å². The molecule has 0 bridgehead atoms. The zero-order valence-corrected chi connectivity index (χ0v) is 18.4. The highest BCUT2D eigenvalue weighted by atomic mass is 16.2. The predicted octanol–water partition coefficient (Wildman–Crippen LogP) is 3.23. The van der Waals surface area contributed by atoms with E-state index < -0.39 is 5.54 Å². The zero-order valence-electron chi connectivity index (χ0n) is 18.4. The molecule has 0 radical (unpaired) electrons. The lowest BCUT2D eigenvalue weighted by Gasteiger charge is -2.46. The highest BCUT2D eigenvalue weighted by Crippen LogP contribution is 2.35. The number of pyridine rings is 1. The van der Waals surface area contributed by atoms with Crippen LogP contribution >= 0.6 is 0 Å². The molecule has 5 rings (SSSR count). The molecule has 1 fully saturated rings. The number of benzene rings is 1. The first-order chi connectivity index (χ1) is 15.5. The maximum atomic E-state index is 13.3. The summed E-state index contributed by atoms with van der Waals surface area (Å²) in [6.07, 6.45) is 3.50. The molecule has 2 aromatic heterocycles. The molecule has 3 aromatic rings. The number of nitrogens with one attached hydrogen (secondary N) is 2.